The number of imidazole rings is 1. The molecule has 0 bridgehead atoms. The zero-order valence-corrected chi connectivity index (χ0v) is 15.9. The molecule has 8 nitrogen and oxygen atoms in total. The minimum Gasteiger partial charge on any atom is -0.321 e. The molecule has 2 N–H and O–H groups in total. The van der Waals surface area contributed by atoms with Gasteiger partial charge in [-0.2, -0.15) is 5.10 Å². The van der Waals surface area contributed by atoms with Crippen LogP contribution in [0.3, 0.4) is 0 Å². The lowest BCUT2D eigenvalue weighted by molar-refractivity contribution is 0.642. The van der Waals surface area contributed by atoms with Crippen molar-refractivity contribution < 1.29 is 4.39 Å². The predicted octanol–water partition coefficient (Wildman–Crippen LogP) is 4.16. The van der Waals surface area contributed by atoms with Gasteiger partial charge in [0.2, 0.25) is 0 Å². The van der Waals surface area contributed by atoms with Crippen LogP contribution in [0, 0.1) is 5.82 Å². The quantitative estimate of drug-likeness (QED) is 0.455. The smallest absolute Gasteiger partial charge is 0.161 e. The lowest BCUT2D eigenvalue weighted by atomic mass is 10.1. The number of aromatic amines is 2. The number of rotatable bonds is 3. The third-order valence-corrected chi connectivity index (χ3v) is 5.05. The fraction of sp³-hybridized carbons (Fsp3) is 0. The second-order valence-electron chi connectivity index (χ2n) is 6.88. The molecule has 6 aromatic heterocycles. The van der Waals surface area contributed by atoms with Gasteiger partial charge in [-0.25, -0.2) is 19.3 Å². The first kappa shape index (κ1) is 17.3. The van der Waals surface area contributed by atoms with E-state index in [9.17, 15) is 0 Å². The molecule has 6 rings (SSSR count). The van der Waals surface area contributed by atoms with Crippen molar-refractivity contribution in [3.05, 3.63) is 73.2 Å². The van der Waals surface area contributed by atoms with Crippen molar-refractivity contribution in [3.8, 4) is 33.9 Å². The number of nitrogens with zero attached hydrogens (tertiary/aromatic N) is 6. The molecule has 148 valence electrons. The number of fused-ring (bicyclic) bond motifs is 2. The molecule has 0 spiro atoms. The van der Waals surface area contributed by atoms with E-state index in [-0.39, 0.29) is 5.39 Å². The lowest BCUT2D eigenvalue weighted by Gasteiger charge is -2.03. The zero-order chi connectivity index (χ0) is 20.8. The molecule has 0 atom stereocenters. The Labute approximate surface area is 174 Å². The first-order valence-electron chi connectivity index (χ1n) is 9.49. The third-order valence-electron chi connectivity index (χ3n) is 5.05. The van der Waals surface area contributed by atoms with Gasteiger partial charge in [0, 0.05) is 47.7 Å². The lowest BCUT2D eigenvalue weighted by Crippen LogP contribution is -1.91. The highest BCUT2D eigenvalue weighted by molar-refractivity contribution is 5.96. The Bertz CT molecular complexity index is 1540. The number of hydrogen-bond donors (Lipinski definition) is 2. The molecule has 6 heterocycles. The zero-order valence-electron chi connectivity index (χ0n) is 15.9. The van der Waals surface area contributed by atoms with Gasteiger partial charge in [0.15, 0.2) is 17.1 Å². The third kappa shape index (κ3) is 2.75. The molecule has 0 unspecified atom stereocenters. The van der Waals surface area contributed by atoms with Crippen LogP contribution in [0.4, 0.5) is 4.39 Å². The summed E-state index contributed by atoms with van der Waals surface area (Å²) in [7, 11) is 0. The molecule has 0 saturated heterocycles. The predicted molar refractivity (Wildman–Crippen MR) is 113 cm³/mol. The van der Waals surface area contributed by atoms with Crippen molar-refractivity contribution >= 4 is 22.2 Å². The van der Waals surface area contributed by atoms with Gasteiger partial charge in [0.1, 0.15) is 17.0 Å². The van der Waals surface area contributed by atoms with Crippen LogP contribution in [-0.2, 0) is 0 Å². The molecule has 6 aromatic rings. The molecule has 0 fully saturated rings. The normalized spacial score (nSPS) is 11.4. The van der Waals surface area contributed by atoms with Crippen molar-refractivity contribution in [1.29, 1.82) is 0 Å². The molecule has 0 saturated carbocycles. The van der Waals surface area contributed by atoms with Gasteiger partial charge in [-0.1, -0.05) is 12.1 Å². The number of H-pyrrole nitrogens is 2. The van der Waals surface area contributed by atoms with Crippen molar-refractivity contribution in [1.82, 2.24) is 40.1 Å². The van der Waals surface area contributed by atoms with E-state index in [0.717, 1.165) is 11.3 Å². The summed E-state index contributed by atoms with van der Waals surface area (Å²) >= 11 is 0. The summed E-state index contributed by atoms with van der Waals surface area (Å²) in [6.07, 6.45) is 8.10. The molecule has 0 amide bonds. The number of halogens is 1. The Morgan fingerprint density at radius 3 is 2.61 bits per heavy atom. The van der Waals surface area contributed by atoms with Gasteiger partial charge in [-0.15, -0.1) is 0 Å². The molecular weight excluding hydrogens is 395 g/mol. The van der Waals surface area contributed by atoms with Gasteiger partial charge >= 0.3 is 0 Å². The highest BCUT2D eigenvalue weighted by atomic mass is 19.1. The SMILES string of the molecule is Fc1c(-c2cccnc2)cnc2[nH]nc(-c3nc4c(-c5ccccn5)ccnc4[nH]3)c12. The summed E-state index contributed by atoms with van der Waals surface area (Å²) in [4.78, 5) is 25.0. The van der Waals surface area contributed by atoms with E-state index in [1.165, 1.54) is 6.20 Å². The van der Waals surface area contributed by atoms with Crippen LogP contribution >= 0.6 is 0 Å². The minimum absolute atomic E-state index is 0.250. The molecule has 0 aliphatic heterocycles. The fourth-order valence-corrected chi connectivity index (χ4v) is 3.60. The summed E-state index contributed by atoms with van der Waals surface area (Å²) in [6.45, 7) is 0. The summed E-state index contributed by atoms with van der Waals surface area (Å²) < 4.78 is 15.5. The van der Waals surface area contributed by atoms with E-state index in [1.807, 2.05) is 24.3 Å². The van der Waals surface area contributed by atoms with Crippen molar-refractivity contribution in [2.45, 2.75) is 0 Å². The number of nitrogens with one attached hydrogen (secondary N) is 2. The van der Waals surface area contributed by atoms with Crippen LogP contribution in [0.25, 0.3) is 56.1 Å². The molecule has 31 heavy (non-hydrogen) atoms. The maximum absolute atomic E-state index is 15.5. The van der Waals surface area contributed by atoms with Crippen LogP contribution in [0.15, 0.2) is 67.4 Å². The Morgan fingerprint density at radius 1 is 0.806 bits per heavy atom. The van der Waals surface area contributed by atoms with Crippen LogP contribution in [0.2, 0.25) is 0 Å². The fourth-order valence-electron chi connectivity index (χ4n) is 3.60. The summed E-state index contributed by atoms with van der Waals surface area (Å²) in [6, 6.07) is 11.0. The van der Waals surface area contributed by atoms with E-state index in [0.29, 0.717) is 39.5 Å². The Balaban J connectivity index is 1.56. The summed E-state index contributed by atoms with van der Waals surface area (Å²) in [5.74, 6) is -0.0544. The van der Waals surface area contributed by atoms with E-state index >= 15 is 4.39 Å². The molecule has 0 aromatic carbocycles. The van der Waals surface area contributed by atoms with Gasteiger partial charge in [-0.05, 0) is 24.3 Å². The number of pyridine rings is 4. The van der Waals surface area contributed by atoms with E-state index < -0.39 is 5.82 Å². The molecule has 0 radical (unpaired) electrons. The first-order chi connectivity index (χ1) is 15.3. The Hall–Kier alpha value is -4.53. The van der Waals surface area contributed by atoms with Crippen molar-refractivity contribution in [2.75, 3.05) is 0 Å². The highest BCUT2D eigenvalue weighted by Gasteiger charge is 2.21. The maximum atomic E-state index is 15.5. The van der Waals surface area contributed by atoms with E-state index in [2.05, 4.69) is 40.1 Å². The average Bonchev–Trinajstić information content (AvgIpc) is 3.45. The van der Waals surface area contributed by atoms with E-state index in [4.69, 9.17) is 0 Å². The number of aromatic nitrogens is 8. The van der Waals surface area contributed by atoms with Crippen LogP contribution < -0.4 is 0 Å². The maximum Gasteiger partial charge on any atom is 0.161 e. The van der Waals surface area contributed by atoms with Gasteiger partial charge in [0.25, 0.3) is 0 Å². The van der Waals surface area contributed by atoms with Crippen LogP contribution in [-0.4, -0.2) is 40.1 Å². The van der Waals surface area contributed by atoms with Crippen LogP contribution in [0.5, 0.6) is 0 Å². The topological polar surface area (TPSA) is 109 Å². The molecule has 0 aliphatic rings. The average molecular weight is 408 g/mol. The standard InChI is InChI=1S/C22H13FN8/c23-17-14(12-4-3-7-24-10-12)11-27-20-16(17)19(30-31-20)22-28-18-13(6-9-26-21(18)29-22)15-5-1-2-8-25-15/h1-11H,(H,26,28,29)(H,27,30,31). The Kier molecular flexibility index (Phi) is 3.79. The Morgan fingerprint density at radius 2 is 1.77 bits per heavy atom. The second-order valence-corrected chi connectivity index (χ2v) is 6.88. The monoisotopic (exact) mass is 408 g/mol. The van der Waals surface area contributed by atoms with Crippen molar-refractivity contribution in [3.63, 3.8) is 0 Å². The second kappa shape index (κ2) is 6.77. The van der Waals surface area contributed by atoms with Gasteiger partial charge < -0.3 is 4.98 Å². The molecule has 9 heteroatoms. The minimum atomic E-state index is -0.444. The molecule has 0 aliphatic carbocycles. The van der Waals surface area contributed by atoms with Crippen molar-refractivity contribution in [2.24, 2.45) is 0 Å². The number of hydrogen-bond acceptors (Lipinski definition) is 6. The first-order valence-corrected chi connectivity index (χ1v) is 9.49. The molecular formula is C22H13FN8. The van der Waals surface area contributed by atoms with Gasteiger partial charge in [0.05, 0.1) is 11.1 Å². The largest absolute Gasteiger partial charge is 0.321 e. The summed E-state index contributed by atoms with van der Waals surface area (Å²) in [5, 5.41) is 7.32. The highest BCUT2D eigenvalue weighted by Crippen LogP contribution is 2.33. The summed E-state index contributed by atoms with van der Waals surface area (Å²) in [5.41, 5.74) is 4.41. The van der Waals surface area contributed by atoms with Crippen LogP contribution in [0.1, 0.15) is 0 Å². The van der Waals surface area contributed by atoms with Gasteiger partial charge in [-0.3, -0.25) is 15.1 Å². The van der Waals surface area contributed by atoms with E-state index in [1.54, 1.807) is 36.9 Å².